The summed E-state index contributed by atoms with van der Waals surface area (Å²) in [4.78, 5) is 21.5. The Morgan fingerprint density at radius 2 is 1.47 bits per heavy atom. The first kappa shape index (κ1) is 15.3. The van der Waals surface area contributed by atoms with Crippen molar-refractivity contribution in [3.05, 3.63) is 23.7 Å². The molecule has 0 radical (unpaired) electrons. The lowest BCUT2D eigenvalue weighted by molar-refractivity contribution is -0.114. The number of aliphatic hydroxyl groups excluding tert-OH is 2. The van der Waals surface area contributed by atoms with Gasteiger partial charge in [0.15, 0.2) is 6.29 Å². The number of hydrogen-bond donors (Lipinski definition) is 2. The highest BCUT2D eigenvalue weighted by Crippen LogP contribution is 2.24. The zero-order chi connectivity index (χ0) is 13.3. The predicted molar refractivity (Wildman–Crippen MR) is 59.5 cm³/mol. The third kappa shape index (κ3) is 4.38. The Kier molecular flexibility index (Phi) is 7.66. The van der Waals surface area contributed by atoms with Gasteiger partial charge in [-0.1, -0.05) is 0 Å². The molecular weight excluding hydrogens is 228 g/mol. The molecule has 0 unspecified atom stereocenters. The Balaban J connectivity index is 5.10. The largest absolute Gasteiger partial charge is 0.515 e. The van der Waals surface area contributed by atoms with Crippen molar-refractivity contribution in [2.24, 2.45) is 5.92 Å². The maximum absolute atomic E-state index is 10.7. The van der Waals surface area contributed by atoms with Crippen LogP contribution >= 0.6 is 0 Å². The standard InChI is InChI=1S/C11H16O6/c1-16-11(17-2)3-10(8(4-12)5-13)9(6-14)7-15/h4-7,10-12,14H,3H2,1-2H3. The fourth-order valence-electron chi connectivity index (χ4n) is 1.35. The highest BCUT2D eigenvalue weighted by atomic mass is 16.7. The minimum atomic E-state index is -0.787. The third-order valence-corrected chi connectivity index (χ3v) is 2.33. The van der Waals surface area contributed by atoms with Crippen LogP contribution in [0.1, 0.15) is 6.42 Å². The van der Waals surface area contributed by atoms with Crippen LogP contribution in [0, 0.1) is 5.92 Å². The molecule has 0 bridgehead atoms. The Labute approximate surface area is 99.1 Å². The number of carbonyl (C=O) groups excluding carboxylic acids is 2. The summed E-state index contributed by atoms with van der Waals surface area (Å²) in [5, 5.41) is 17.8. The van der Waals surface area contributed by atoms with Gasteiger partial charge in [-0.2, -0.15) is 0 Å². The van der Waals surface area contributed by atoms with Crippen LogP contribution in [0.4, 0.5) is 0 Å². The van der Waals surface area contributed by atoms with E-state index in [0.29, 0.717) is 25.1 Å². The molecule has 0 saturated heterocycles. The van der Waals surface area contributed by atoms with E-state index in [4.69, 9.17) is 19.7 Å². The molecule has 0 aliphatic heterocycles. The molecule has 0 aromatic rings. The van der Waals surface area contributed by atoms with Gasteiger partial charge in [0.2, 0.25) is 0 Å². The SMILES string of the molecule is COC(CC(C(C=O)=CO)C(C=O)=CO)OC. The zero-order valence-corrected chi connectivity index (χ0v) is 9.70. The lowest BCUT2D eigenvalue weighted by atomic mass is 9.90. The van der Waals surface area contributed by atoms with Gasteiger partial charge in [0.05, 0.1) is 12.5 Å². The number of ether oxygens (including phenoxy) is 2. The van der Waals surface area contributed by atoms with E-state index in [1.165, 1.54) is 14.2 Å². The van der Waals surface area contributed by atoms with E-state index < -0.39 is 12.2 Å². The van der Waals surface area contributed by atoms with Gasteiger partial charge >= 0.3 is 0 Å². The Bertz CT molecular complexity index is 279. The molecule has 0 aromatic carbocycles. The van der Waals surface area contributed by atoms with Crippen molar-refractivity contribution in [1.82, 2.24) is 0 Å². The van der Waals surface area contributed by atoms with E-state index in [-0.39, 0.29) is 17.6 Å². The van der Waals surface area contributed by atoms with Gasteiger partial charge in [0, 0.05) is 37.7 Å². The molecule has 0 rings (SSSR count). The van der Waals surface area contributed by atoms with E-state index in [0.717, 1.165) is 0 Å². The number of aldehydes is 2. The molecule has 0 heterocycles. The van der Waals surface area contributed by atoms with Gasteiger partial charge in [-0.05, 0) is 0 Å². The summed E-state index contributed by atoms with van der Waals surface area (Å²) >= 11 is 0. The van der Waals surface area contributed by atoms with Crippen LogP contribution in [-0.2, 0) is 19.1 Å². The van der Waals surface area contributed by atoms with Crippen LogP contribution in [0.15, 0.2) is 23.7 Å². The van der Waals surface area contributed by atoms with E-state index in [9.17, 15) is 9.59 Å². The van der Waals surface area contributed by atoms with E-state index >= 15 is 0 Å². The molecule has 0 amide bonds. The van der Waals surface area contributed by atoms with Gasteiger partial charge in [0.1, 0.15) is 12.6 Å². The quantitative estimate of drug-likeness (QED) is 0.285. The minimum Gasteiger partial charge on any atom is -0.515 e. The van der Waals surface area contributed by atoms with Crippen LogP contribution in [0.2, 0.25) is 0 Å². The summed E-state index contributed by atoms with van der Waals surface area (Å²) in [7, 11) is 2.80. The maximum atomic E-state index is 10.7. The van der Waals surface area contributed by atoms with Crippen molar-refractivity contribution >= 4 is 12.6 Å². The summed E-state index contributed by atoms with van der Waals surface area (Å²) in [6.07, 6.45) is 1.44. The zero-order valence-electron chi connectivity index (χ0n) is 9.70. The van der Waals surface area contributed by atoms with Crippen molar-refractivity contribution in [2.45, 2.75) is 12.7 Å². The second-order valence-corrected chi connectivity index (χ2v) is 3.18. The fourth-order valence-corrected chi connectivity index (χ4v) is 1.35. The normalized spacial score (nSPS) is 14.8. The topological polar surface area (TPSA) is 93.1 Å². The number of carbonyl (C=O) groups is 2. The van der Waals surface area contributed by atoms with Gasteiger partial charge in [0.25, 0.3) is 0 Å². The summed E-state index contributed by atoms with van der Waals surface area (Å²) in [5.41, 5.74) is -0.0898. The highest BCUT2D eigenvalue weighted by molar-refractivity contribution is 5.81. The van der Waals surface area contributed by atoms with Crippen molar-refractivity contribution in [2.75, 3.05) is 14.2 Å². The second kappa shape index (κ2) is 8.49. The molecule has 0 saturated carbocycles. The molecule has 6 nitrogen and oxygen atoms in total. The van der Waals surface area contributed by atoms with Crippen LogP contribution in [0.25, 0.3) is 0 Å². The second-order valence-electron chi connectivity index (χ2n) is 3.18. The molecular formula is C11H16O6. The summed E-state index contributed by atoms with van der Waals surface area (Å²) in [6.45, 7) is 0. The molecule has 0 aliphatic carbocycles. The number of aliphatic hydroxyl groups is 2. The van der Waals surface area contributed by atoms with Crippen LogP contribution in [0.5, 0.6) is 0 Å². The van der Waals surface area contributed by atoms with E-state index in [2.05, 4.69) is 0 Å². The van der Waals surface area contributed by atoms with E-state index in [1.807, 2.05) is 0 Å². The first-order valence-electron chi connectivity index (χ1n) is 4.82. The first-order valence-corrected chi connectivity index (χ1v) is 4.82. The highest BCUT2D eigenvalue weighted by Gasteiger charge is 2.24. The minimum absolute atomic E-state index is 0.0449. The van der Waals surface area contributed by atoms with E-state index in [1.54, 1.807) is 0 Å². The summed E-state index contributed by atoms with van der Waals surface area (Å²) in [5.74, 6) is -0.787. The lowest BCUT2D eigenvalue weighted by Crippen LogP contribution is -2.22. The molecule has 2 N–H and O–H groups in total. The Hall–Kier alpha value is -1.66. The first-order chi connectivity index (χ1) is 8.18. The average Bonchev–Trinajstić information content (AvgIpc) is 2.37. The predicted octanol–water partition coefficient (Wildman–Crippen LogP) is 0.893. The van der Waals surface area contributed by atoms with Crippen LogP contribution in [-0.4, -0.2) is 43.3 Å². The molecule has 0 aromatic heterocycles. The molecule has 0 spiro atoms. The third-order valence-electron chi connectivity index (χ3n) is 2.33. The number of allylic oxidation sites excluding steroid dienone is 2. The smallest absolute Gasteiger partial charge is 0.157 e. The van der Waals surface area contributed by atoms with Gasteiger partial charge in [-0.25, -0.2) is 0 Å². The average molecular weight is 244 g/mol. The van der Waals surface area contributed by atoms with Crippen molar-refractivity contribution in [3.63, 3.8) is 0 Å². The Morgan fingerprint density at radius 1 is 1.06 bits per heavy atom. The Morgan fingerprint density at radius 3 is 1.71 bits per heavy atom. The van der Waals surface area contributed by atoms with Gasteiger partial charge in [-0.15, -0.1) is 0 Å². The summed E-state index contributed by atoms with van der Waals surface area (Å²) < 4.78 is 9.87. The van der Waals surface area contributed by atoms with Crippen LogP contribution < -0.4 is 0 Å². The van der Waals surface area contributed by atoms with Crippen molar-refractivity contribution < 1.29 is 29.3 Å². The molecule has 0 atom stereocenters. The number of rotatable bonds is 8. The molecule has 96 valence electrons. The molecule has 17 heavy (non-hydrogen) atoms. The van der Waals surface area contributed by atoms with Crippen molar-refractivity contribution in [3.8, 4) is 0 Å². The molecule has 6 heteroatoms. The van der Waals surface area contributed by atoms with Gasteiger partial charge in [-0.3, -0.25) is 9.59 Å². The van der Waals surface area contributed by atoms with Crippen LogP contribution in [0.3, 0.4) is 0 Å². The van der Waals surface area contributed by atoms with Crippen molar-refractivity contribution in [1.29, 1.82) is 0 Å². The molecule has 0 fully saturated rings. The maximum Gasteiger partial charge on any atom is 0.157 e. The number of methoxy groups -OCH3 is 2. The van der Waals surface area contributed by atoms with Gasteiger partial charge < -0.3 is 19.7 Å². The molecule has 0 aliphatic rings. The monoisotopic (exact) mass is 244 g/mol. The summed E-state index contributed by atoms with van der Waals surface area (Å²) in [6, 6.07) is 0. The fraction of sp³-hybridized carbons (Fsp3) is 0.455. The number of hydrogen-bond acceptors (Lipinski definition) is 6. The lowest BCUT2D eigenvalue weighted by Gasteiger charge is -2.20.